The molecule has 0 saturated heterocycles. The highest BCUT2D eigenvalue weighted by Gasteiger charge is 2.29. The quantitative estimate of drug-likeness (QED) is 0.628. The lowest BCUT2D eigenvalue weighted by molar-refractivity contribution is -0.140. The molecule has 28 heavy (non-hydrogen) atoms. The Morgan fingerprint density at radius 1 is 1.00 bits per heavy atom. The molecule has 1 atom stereocenters. The van der Waals surface area contributed by atoms with Gasteiger partial charge in [-0.1, -0.05) is 73.4 Å². The first-order chi connectivity index (χ1) is 13.5. The van der Waals surface area contributed by atoms with Crippen molar-refractivity contribution in [3.05, 3.63) is 69.7 Å². The van der Waals surface area contributed by atoms with E-state index in [9.17, 15) is 9.59 Å². The summed E-state index contributed by atoms with van der Waals surface area (Å²) < 4.78 is 0. The van der Waals surface area contributed by atoms with Crippen molar-refractivity contribution in [1.82, 2.24) is 10.2 Å². The van der Waals surface area contributed by atoms with Crippen LogP contribution in [-0.4, -0.2) is 29.3 Å². The van der Waals surface area contributed by atoms with Crippen LogP contribution in [-0.2, 0) is 22.6 Å². The Bertz CT molecular complexity index is 776. The normalized spacial score (nSPS) is 11.7. The molecule has 0 aliphatic heterocycles. The molecule has 0 bridgehead atoms. The lowest BCUT2D eigenvalue weighted by Crippen LogP contribution is -2.49. The summed E-state index contributed by atoms with van der Waals surface area (Å²) in [7, 11) is 0. The van der Waals surface area contributed by atoms with Crippen LogP contribution in [0.25, 0.3) is 0 Å². The van der Waals surface area contributed by atoms with Gasteiger partial charge in [0.1, 0.15) is 6.04 Å². The van der Waals surface area contributed by atoms with Crippen LogP contribution in [0.4, 0.5) is 0 Å². The molecule has 0 radical (unpaired) electrons. The van der Waals surface area contributed by atoms with Gasteiger partial charge in [0.15, 0.2) is 0 Å². The largest absolute Gasteiger partial charge is 0.354 e. The number of nitrogens with one attached hydrogen (secondary N) is 1. The molecule has 0 saturated carbocycles. The van der Waals surface area contributed by atoms with E-state index in [1.54, 1.807) is 23.1 Å². The summed E-state index contributed by atoms with van der Waals surface area (Å²) in [6, 6.07) is 14.1. The third-order valence-corrected chi connectivity index (χ3v) is 5.23. The van der Waals surface area contributed by atoms with Gasteiger partial charge in [0.05, 0.1) is 6.42 Å². The lowest BCUT2D eigenvalue weighted by atomic mass is 10.1. The smallest absolute Gasteiger partial charge is 0.242 e. The zero-order chi connectivity index (χ0) is 20.5. The van der Waals surface area contributed by atoms with Crippen molar-refractivity contribution in [3.63, 3.8) is 0 Å². The third kappa shape index (κ3) is 5.98. The average molecular weight is 421 g/mol. The fraction of sp³-hybridized carbons (Fsp3) is 0.364. The SMILES string of the molecule is CCCNC(=O)[C@@H](CC)N(Cc1c(Cl)cccc1Cl)C(=O)Cc1ccccc1. The Kier molecular flexibility index (Phi) is 8.81. The van der Waals surface area contributed by atoms with Gasteiger partial charge in [-0.05, 0) is 30.5 Å². The summed E-state index contributed by atoms with van der Waals surface area (Å²) in [4.78, 5) is 27.5. The topological polar surface area (TPSA) is 49.4 Å². The van der Waals surface area contributed by atoms with E-state index in [0.717, 1.165) is 12.0 Å². The molecule has 1 N–H and O–H groups in total. The fourth-order valence-corrected chi connectivity index (χ4v) is 3.53. The van der Waals surface area contributed by atoms with Crippen LogP contribution in [0.15, 0.2) is 48.5 Å². The van der Waals surface area contributed by atoms with E-state index in [-0.39, 0.29) is 24.8 Å². The van der Waals surface area contributed by atoms with Crippen molar-refractivity contribution in [1.29, 1.82) is 0 Å². The van der Waals surface area contributed by atoms with Crippen molar-refractivity contribution < 1.29 is 9.59 Å². The van der Waals surface area contributed by atoms with Gasteiger partial charge in [-0.15, -0.1) is 0 Å². The molecule has 4 nitrogen and oxygen atoms in total. The molecule has 2 rings (SSSR count). The highest BCUT2D eigenvalue weighted by atomic mass is 35.5. The third-order valence-electron chi connectivity index (χ3n) is 4.52. The summed E-state index contributed by atoms with van der Waals surface area (Å²) in [5.41, 5.74) is 1.54. The van der Waals surface area contributed by atoms with Gasteiger partial charge in [-0.3, -0.25) is 9.59 Å². The Morgan fingerprint density at radius 2 is 1.64 bits per heavy atom. The molecule has 2 aromatic carbocycles. The highest BCUT2D eigenvalue weighted by molar-refractivity contribution is 6.36. The summed E-state index contributed by atoms with van der Waals surface area (Å²) >= 11 is 12.7. The minimum Gasteiger partial charge on any atom is -0.354 e. The second kappa shape index (κ2) is 11.1. The molecule has 0 fully saturated rings. The van der Waals surface area contributed by atoms with Crippen LogP contribution in [0.2, 0.25) is 10.0 Å². The first-order valence-electron chi connectivity index (χ1n) is 9.51. The van der Waals surface area contributed by atoms with Crippen LogP contribution >= 0.6 is 23.2 Å². The number of nitrogens with zero attached hydrogens (tertiary/aromatic N) is 1. The van der Waals surface area contributed by atoms with E-state index in [1.807, 2.05) is 44.2 Å². The van der Waals surface area contributed by atoms with E-state index in [2.05, 4.69) is 5.32 Å². The van der Waals surface area contributed by atoms with Crippen molar-refractivity contribution in [2.45, 2.75) is 45.7 Å². The molecule has 0 aromatic heterocycles. The van der Waals surface area contributed by atoms with Gasteiger partial charge in [0.2, 0.25) is 11.8 Å². The van der Waals surface area contributed by atoms with Gasteiger partial charge in [-0.2, -0.15) is 0 Å². The van der Waals surface area contributed by atoms with Crippen molar-refractivity contribution in [2.75, 3.05) is 6.54 Å². The van der Waals surface area contributed by atoms with E-state index in [0.29, 0.717) is 28.6 Å². The predicted octanol–water partition coefficient (Wildman–Crippen LogP) is 4.87. The zero-order valence-electron chi connectivity index (χ0n) is 16.3. The van der Waals surface area contributed by atoms with Crippen molar-refractivity contribution in [3.8, 4) is 0 Å². The van der Waals surface area contributed by atoms with Gasteiger partial charge in [0, 0.05) is 28.7 Å². The number of hydrogen-bond acceptors (Lipinski definition) is 2. The van der Waals surface area contributed by atoms with Gasteiger partial charge in [-0.25, -0.2) is 0 Å². The number of benzene rings is 2. The van der Waals surface area contributed by atoms with Crippen molar-refractivity contribution in [2.24, 2.45) is 0 Å². The maximum atomic E-state index is 13.2. The first kappa shape index (κ1) is 22.3. The Morgan fingerprint density at radius 3 is 2.21 bits per heavy atom. The molecule has 2 amide bonds. The van der Waals surface area contributed by atoms with Crippen LogP contribution < -0.4 is 5.32 Å². The number of carbonyl (C=O) groups is 2. The Labute approximate surface area is 176 Å². The zero-order valence-corrected chi connectivity index (χ0v) is 17.8. The van der Waals surface area contributed by atoms with Crippen LogP contribution in [0.3, 0.4) is 0 Å². The van der Waals surface area contributed by atoms with Crippen LogP contribution in [0, 0.1) is 0 Å². The van der Waals surface area contributed by atoms with E-state index >= 15 is 0 Å². The molecular weight excluding hydrogens is 395 g/mol. The molecular formula is C22H26Cl2N2O2. The van der Waals surface area contributed by atoms with Crippen LogP contribution in [0.1, 0.15) is 37.8 Å². The summed E-state index contributed by atoms with van der Waals surface area (Å²) in [6.07, 6.45) is 1.54. The molecule has 0 aliphatic rings. The van der Waals surface area contributed by atoms with Gasteiger partial charge < -0.3 is 10.2 Å². The van der Waals surface area contributed by atoms with E-state index in [4.69, 9.17) is 23.2 Å². The summed E-state index contributed by atoms with van der Waals surface area (Å²) in [5, 5.41) is 3.86. The molecule has 0 heterocycles. The molecule has 150 valence electrons. The highest BCUT2D eigenvalue weighted by Crippen LogP contribution is 2.27. The molecule has 0 unspecified atom stereocenters. The van der Waals surface area contributed by atoms with Gasteiger partial charge in [0.25, 0.3) is 0 Å². The van der Waals surface area contributed by atoms with Crippen LogP contribution in [0.5, 0.6) is 0 Å². The summed E-state index contributed by atoms with van der Waals surface area (Å²) in [5.74, 6) is -0.297. The number of halogens is 2. The number of rotatable bonds is 9. The van der Waals surface area contributed by atoms with Gasteiger partial charge >= 0.3 is 0 Å². The fourth-order valence-electron chi connectivity index (χ4n) is 3.01. The number of amides is 2. The maximum absolute atomic E-state index is 13.2. The minimum atomic E-state index is -0.588. The molecule has 0 aliphatic carbocycles. The Hall–Kier alpha value is -2.04. The minimum absolute atomic E-state index is 0.138. The Balaban J connectivity index is 2.33. The summed E-state index contributed by atoms with van der Waals surface area (Å²) in [6.45, 7) is 4.64. The molecule has 2 aromatic rings. The second-order valence-corrected chi connectivity index (χ2v) is 7.41. The monoisotopic (exact) mass is 420 g/mol. The van der Waals surface area contributed by atoms with E-state index < -0.39 is 6.04 Å². The standard InChI is InChI=1S/C22H26Cl2N2O2/c1-3-13-25-22(28)20(4-2)26(15-17-18(23)11-8-12-19(17)24)21(27)14-16-9-6-5-7-10-16/h5-12,20H,3-4,13-15H2,1-2H3,(H,25,28)/t20-/m1/s1. The maximum Gasteiger partial charge on any atom is 0.242 e. The average Bonchev–Trinajstić information content (AvgIpc) is 2.69. The predicted molar refractivity (Wildman–Crippen MR) is 115 cm³/mol. The number of hydrogen-bond donors (Lipinski definition) is 1. The number of carbonyl (C=O) groups excluding carboxylic acids is 2. The molecule has 0 spiro atoms. The van der Waals surface area contributed by atoms with E-state index in [1.165, 1.54) is 0 Å². The lowest BCUT2D eigenvalue weighted by Gasteiger charge is -2.31. The second-order valence-electron chi connectivity index (χ2n) is 6.60. The van der Waals surface area contributed by atoms with Crippen molar-refractivity contribution >= 4 is 35.0 Å². The molecule has 6 heteroatoms. The first-order valence-corrected chi connectivity index (χ1v) is 10.3.